The second kappa shape index (κ2) is 9.47. The Labute approximate surface area is 157 Å². The molecular formula is C18H30IN3O. The third-order valence-corrected chi connectivity index (χ3v) is 4.66. The number of nitrogens with one attached hydrogen (secondary N) is 1. The smallest absolute Gasteiger partial charge is 0.193 e. The molecule has 1 saturated carbocycles. The van der Waals surface area contributed by atoms with Gasteiger partial charge in [-0.3, -0.25) is 4.99 Å². The van der Waals surface area contributed by atoms with E-state index in [2.05, 4.69) is 42.4 Å². The molecule has 23 heavy (non-hydrogen) atoms. The highest BCUT2D eigenvalue weighted by Gasteiger charge is 2.36. The second-order valence-corrected chi connectivity index (χ2v) is 6.70. The first-order valence-corrected chi connectivity index (χ1v) is 8.20. The van der Waals surface area contributed by atoms with Crippen molar-refractivity contribution in [3.8, 4) is 0 Å². The summed E-state index contributed by atoms with van der Waals surface area (Å²) in [6.07, 6.45) is 4.83. The predicted molar refractivity (Wildman–Crippen MR) is 109 cm³/mol. The van der Waals surface area contributed by atoms with Gasteiger partial charge in [0.05, 0.1) is 0 Å². The highest BCUT2D eigenvalue weighted by molar-refractivity contribution is 14.0. The minimum absolute atomic E-state index is 0. The largest absolute Gasteiger partial charge is 0.385 e. The average molecular weight is 431 g/mol. The highest BCUT2D eigenvalue weighted by Crippen LogP contribution is 2.44. The Morgan fingerprint density at radius 2 is 2.13 bits per heavy atom. The number of nitrogens with zero attached hydrogens (tertiary/aromatic N) is 1. The Morgan fingerprint density at radius 3 is 2.70 bits per heavy atom. The molecule has 0 aromatic heterocycles. The van der Waals surface area contributed by atoms with Crippen molar-refractivity contribution in [2.24, 2.45) is 16.1 Å². The maximum absolute atomic E-state index is 6.05. The zero-order chi connectivity index (χ0) is 16.0. The van der Waals surface area contributed by atoms with Gasteiger partial charge in [-0.1, -0.05) is 32.4 Å². The summed E-state index contributed by atoms with van der Waals surface area (Å²) in [5.74, 6) is 1.01. The van der Waals surface area contributed by atoms with Gasteiger partial charge in [-0.25, -0.2) is 0 Å². The van der Waals surface area contributed by atoms with Gasteiger partial charge in [-0.15, -0.1) is 24.0 Å². The van der Waals surface area contributed by atoms with Crippen LogP contribution < -0.4 is 11.1 Å². The molecule has 0 bridgehead atoms. The monoisotopic (exact) mass is 431 g/mol. The fourth-order valence-corrected chi connectivity index (χ4v) is 2.90. The molecule has 0 unspecified atom stereocenters. The number of hydrogen-bond acceptors (Lipinski definition) is 2. The van der Waals surface area contributed by atoms with E-state index in [0.717, 1.165) is 25.3 Å². The van der Waals surface area contributed by atoms with Crippen molar-refractivity contribution in [2.75, 3.05) is 25.6 Å². The van der Waals surface area contributed by atoms with Crippen molar-refractivity contribution < 1.29 is 4.74 Å². The number of hydrogen-bond donors (Lipinski definition) is 2. The lowest BCUT2D eigenvalue weighted by Crippen LogP contribution is -2.35. The zero-order valence-corrected chi connectivity index (χ0v) is 16.8. The summed E-state index contributed by atoms with van der Waals surface area (Å²) in [7, 11) is 1.76. The standard InChI is InChI=1S/C18H29N3O.HI/c1-14(2)15-6-4-7-16(12-15)21-17(19)20-13-18(8-5-9-18)10-11-22-3;/h4,6-7,12,14H,5,8-11,13H2,1-3H3,(H3,19,20,21);1H. The number of methoxy groups -OCH3 is 1. The molecule has 0 spiro atoms. The quantitative estimate of drug-likeness (QED) is 0.383. The summed E-state index contributed by atoms with van der Waals surface area (Å²) in [6, 6.07) is 8.35. The fraction of sp³-hybridized carbons (Fsp3) is 0.611. The van der Waals surface area contributed by atoms with Crippen LogP contribution in [0.25, 0.3) is 0 Å². The van der Waals surface area contributed by atoms with Crippen LogP contribution >= 0.6 is 24.0 Å². The zero-order valence-electron chi connectivity index (χ0n) is 14.5. The molecule has 0 aliphatic heterocycles. The van der Waals surface area contributed by atoms with Crippen LogP contribution in [0.4, 0.5) is 5.69 Å². The van der Waals surface area contributed by atoms with Gasteiger partial charge in [0.15, 0.2) is 5.96 Å². The van der Waals surface area contributed by atoms with Crippen molar-refractivity contribution in [1.82, 2.24) is 0 Å². The summed E-state index contributed by atoms with van der Waals surface area (Å²) in [5, 5.41) is 3.21. The van der Waals surface area contributed by atoms with E-state index in [4.69, 9.17) is 10.5 Å². The van der Waals surface area contributed by atoms with E-state index in [0.29, 0.717) is 17.3 Å². The van der Waals surface area contributed by atoms with Crippen LogP contribution in [0.1, 0.15) is 51.0 Å². The van der Waals surface area contributed by atoms with Gasteiger partial charge >= 0.3 is 0 Å². The van der Waals surface area contributed by atoms with Gasteiger partial charge in [-0.2, -0.15) is 0 Å². The van der Waals surface area contributed by atoms with E-state index < -0.39 is 0 Å². The highest BCUT2D eigenvalue weighted by atomic mass is 127. The Bertz CT molecular complexity index is 513. The van der Waals surface area contributed by atoms with Gasteiger partial charge in [0.1, 0.15) is 0 Å². The number of ether oxygens (including phenoxy) is 1. The molecule has 5 heteroatoms. The maximum atomic E-state index is 6.05. The number of rotatable bonds is 7. The molecular weight excluding hydrogens is 401 g/mol. The molecule has 3 N–H and O–H groups in total. The maximum Gasteiger partial charge on any atom is 0.193 e. The van der Waals surface area contributed by atoms with Crippen molar-refractivity contribution >= 4 is 35.6 Å². The van der Waals surface area contributed by atoms with E-state index in [-0.39, 0.29) is 24.0 Å². The van der Waals surface area contributed by atoms with E-state index >= 15 is 0 Å². The summed E-state index contributed by atoms with van der Waals surface area (Å²) in [6.45, 7) is 5.97. The lowest BCUT2D eigenvalue weighted by Gasteiger charge is -2.40. The molecule has 1 aliphatic carbocycles. The molecule has 0 radical (unpaired) electrons. The van der Waals surface area contributed by atoms with Crippen molar-refractivity contribution in [2.45, 2.75) is 45.4 Å². The molecule has 1 aromatic carbocycles. The van der Waals surface area contributed by atoms with Crippen LogP contribution in [0.15, 0.2) is 29.3 Å². The van der Waals surface area contributed by atoms with Crippen LogP contribution in [-0.2, 0) is 4.74 Å². The summed E-state index contributed by atoms with van der Waals surface area (Å²) in [5.41, 5.74) is 8.67. The molecule has 1 aromatic rings. The molecule has 2 rings (SSSR count). The summed E-state index contributed by atoms with van der Waals surface area (Å²) < 4.78 is 5.22. The lowest BCUT2D eigenvalue weighted by atomic mass is 9.67. The predicted octanol–water partition coefficient (Wildman–Crippen LogP) is 4.36. The first kappa shape index (κ1) is 20.2. The number of anilines is 1. The van der Waals surface area contributed by atoms with E-state index in [1.807, 2.05) is 6.07 Å². The third-order valence-electron chi connectivity index (χ3n) is 4.66. The molecule has 4 nitrogen and oxygen atoms in total. The summed E-state index contributed by atoms with van der Waals surface area (Å²) >= 11 is 0. The van der Waals surface area contributed by atoms with Crippen molar-refractivity contribution in [3.63, 3.8) is 0 Å². The minimum Gasteiger partial charge on any atom is -0.385 e. The van der Waals surface area contributed by atoms with Crippen LogP contribution in [0.3, 0.4) is 0 Å². The SMILES string of the molecule is COCCC1(CN=C(N)Nc2cccc(C(C)C)c2)CCC1.I. The number of benzene rings is 1. The number of aliphatic imine (C=N–C) groups is 1. The molecule has 0 atom stereocenters. The van der Waals surface area contributed by atoms with E-state index in [1.54, 1.807) is 7.11 Å². The Kier molecular flexibility index (Phi) is 8.33. The van der Waals surface area contributed by atoms with Crippen LogP contribution in [-0.4, -0.2) is 26.2 Å². The second-order valence-electron chi connectivity index (χ2n) is 6.70. The molecule has 1 aliphatic rings. The van der Waals surface area contributed by atoms with Gasteiger partial charge < -0.3 is 15.8 Å². The molecule has 0 saturated heterocycles. The number of nitrogens with two attached hydrogens (primary N) is 1. The third kappa shape index (κ3) is 5.95. The number of halogens is 1. The number of guanidine groups is 1. The van der Waals surface area contributed by atoms with Gasteiger partial charge in [-0.05, 0) is 48.3 Å². The lowest BCUT2D eigenvalue weighted by molar-refractivity contribution is 0.0780. The van der Waals surface area contributed by atoms with Crippen molar-refractivity contribution in [1.29, 1.82) is 0 Å². The fourth-order valence-electron chi connectivity index (χ4n) is 2.90. The Morgan fingerprint density at radius 1 is 1.39 bits per heavy atom. The molecule has 1 fully saturated rings. The van der Waals surface area contributed by atoms with Gasteiger partial charge in [0, 0.05) is 25.9 Å². The normalized spacial score (nSPS) is 16.6. The van der Waals surface area contributed by atoms with Crippen LogP contribution in [0, 0.1) is 5.41 Å². The van der Waals surface area contributed by atoms with Gasteiger partial charge in [0.2, 0.25) is 0 Å². The van der Waals surface area contributed by atoms with E-state index in [9.17, 15) is 0 Å². The van der Waals surface area contributed by atoms with Crippen LogP contribution in [0.2, 0.25) is 0 Å². The molecule has 0 amide bonds. The van der Waals surface area contributed by atoms with Gasteiger partial charge in [0.25, 0.3) is 0 Å². The first-order chi connectivity index (χ1) is 10.5. The topological polar surface area (TPSA) is 59.6 Å². The molecule has 130 valence electrons. The first-order valence-electron chi connectivity index (χ1n) is 8.20. The summed E-state index contributed by atoms with van der Waals surface area (Å²) in [4.78, 5) is 4.57. The van der Waals surface area contributed by atoms with Crippen LogP contribution in [0.5, 0.6) is 0 Å². The average Bonchev–Trinajstić information content (AvgIpc) is 2.46. The van der Waals surface area contributed by atoms with Crippen molar-refractivity contribution in [3.05, 3.63) is 29.8 Å². The Hall–Kier alpha value is -0.820. The Balaban J connectivity index is 0.00000264. The van der Waals surface area contributed by atoms with E-state index in [1.165, 1.54) is 24.8 Å². The molecule has 0 heterocycles. The minimum atomic E-state index is 0.